The first-order chi connectivity index (χ1) is 5.86. The van der Waals surface area contributed by atoms with Crippen LogP contribution in [0.1, 0.15) is 17.6 Å². The average Bonchev–Trinajstić information content (AvgIpc) is 2.50. The van der Waals surface area contributed by atoms with Gasteiger partial charge in [0.15, 0.2) is 0 Å². The van der Waals surface area contributed by atoms with E-state index in [4.69, 9.17) is 4.74 Å². The Morgan fingerprint density at radius 3 is 3.17 bits per heavy atom. The number of thioether (sulfide) groups is 1. The number of aromatic nitrogens is 1. The fourth-order valence-corrected chi connectivity index (χ4v) is 2.35. The van der Waals surface area contributed by atoms with Crippen LogP contribution in [0.4, 0.5) is 0 Å². The fraction of sp³-hybridized carbons (Fsp3) is 0.625. The molecule has 0 saturated carbocycles. The van der Waals surface area contributed by atoms with Crippen LogP contribution in [0.15, 0.2) is 5.38 Å². The fourth-order valence-electron chi connectivity index (χ4n) is 0.819. The largest absolute Gasteiger partial charge is 0.378 e. The van der Waals surface area contributed by atoms with Crippen molar-refractivity contribution in [3.05, 3.63) is 16.1 Å². The van der Waals surface area contributed by atoms with Crippen LogP contribution in [0.3, 0.4) is 0 Å². The number of rotatable bonds is 5. The molecule has 12 heavy (non-hydrogen) atoms. The molecule has 1 heterocycles. The average molecular weight is 203 g/mol. The van der Waals surface area contributed by atoms with Gasteiger partial charge in [-0.1, -0.05) is 6.92 Å². The minimum absolute atomic E-state index is 0.632. The van der Waals surface area contributed by atoms with Gasteiger partial charge in [0.25, 0.3) is 0 Å². The SMILES string of the molecule is CCSCc1nc(COC)cs1. The second kappa shape index (κ2) is 5.56. The topological polar surface area (TPSA) is 22.1 Å². The maximum atomic E-state index is 4.98. The van der Waals surface area contributed by atoms with Crippen LogP contribution in [0.5, 0.6) is 0 Å². The number of hydrogen-bond acceptors (Lipinski definition) is 4. The zero-order valence-corrected chi connectivity index (χ0v) is 9.00. The number of ether oxygens (including phenoxy) is 1. The van der Waals surface area contributed by atoms with Crippen molar-refractivity contribution in [1.82, 2.24) is 4.98 Å². The van der Waals surface area contributed by atoms with Gasteiger partial charge in [-0.05, 0) is 5.75 Å². The van der Waals surface area contributed by atoms with E-state index in [0.717, 1.165) is 17.2 Å². The van der Waals surface area contributed by atoms with Crippen molar-refractivity contribution in [1.29, 1.82) is 0 Å². The van der Waals surface area contributed by atoms with Crippen molar-refractivity contribution in [2.75, 3.05) is 12.9 Å². The lowest BCUT2D eigenvalue weighted by atomic mass is 10.5. The number of hydrogen-bond donors (Lipinski definition) is 0. The zero-order valence-electron chi connectivity index (χ0n) is 7.37. The molecule has 0 saturated heterocycles. The van der Waals surface area contributed by atoms with Crippen molar-refractivity contribution < 1.29 is 4.74 Å². The normalized spacial score (nSPS) is 10.5. The molecule has 0 amide bonds. The third-order valence-electron chi connectivity index (χ3n) is 1.32. The number of nitrogens with zero attached hydrogens (tertiary/aromatic N) is 1. The lowest BCUT2D eigenvalue weighted by Gasteiger charge is -1.92. The van der Waals surface area contributed by atoms with Gasteiger partial charge < -0.3 is 4.74 Å². The monoisotopic (exact) mass is 203 g/mol. The first-order valence-corrected chi connectivity index (χ1v) is 5.90. The highest BCUT2D eigenvalue weighted by Crippen LogP contribution is 2.16. The van der Waals surface area contributed by atoms with Gasteiger partial charge in [-0.2, -0.15) is 11.8 Å². The highest BCUT2D eigenvalue weighted by atomic mass is 32.2. The van der Waals surface area contributed by atoms with Crippen LogP contribution >= 0.6 is 23.1 Å². The van der Waals surface area contributed by atoms with Crippen LogP contribution in [0, 0.1) is 0 Å². The van der Waals surface area contributed by atoms with E-state index in [1.165, 1.54) is 5.01 Å². The first-order valence-electron chi connectivity index (χ1n) is 3.86. The number of methoxy groups -OCH3 is 1. The molecule has 0 aromatic carbocycles. The lowest BCUT2D eigenvalue weighted by molar-refractivity contribution is 0.182. The van der Waals surface area contributed by atoms with Crippen LogP contribution in [-0.2, 0) is 17.1 Å². The highest BCUT2D eigenvalue weighted by molar-refractivity contribution is 7.98. The zero-order chi connectivity index (χ0) is 8.81. The van der Waals surface area contributed by atoms with E-state index < -0.39 is 0 Å². The molecule has 0 spiro atoms. The van der Waals surface area contributed by atoms with Crippen LogP contribution < -0.4 is 0 Å². The molecule has 2 nitrogen and oxygen atoms in total. The van der Waals surface area contributed by atoms with Crippen LogP contribution in [0.25, 0.3) is 0 Å². The molecule has 1 aromatic rings. The lowest BCUT2D eigenvalue weighted by Crippen LogP contribution is -1.88. The van der Waals surface area contributed by atoms with E-state index in [9.17, 15) is 0 Å². The Hall–Kier alpha value is -0.0600. The third kappa shape index (κ3) is 3.13. The molecule has 0 fully saturated rings. The molecule has 0 unspecified atom stereocenters. The standard InChI is InChI=1S/C8H13NOS2/c1-3-11-6-8-9-7(4-10-2)5-12-8/h5H,3-4,6H2,1-2H3. The molecule has 0 aliphatic carbocycles. The summed E-state index contributed by atoms with van der Waals surface area (Å²) in [5, 5.41) is 3.27. The Morgan fingerprint density at radius 2 is 2.50 bits per heavy atom. The maximum absolute atomic E-state index is 4.98. The van der Waals surface area contributed by atoms with Gasteiger partial charge >= 0.3 is 0 Å². The van der Waals surface area contributed by atoms with E-state index in [-0.39, 0.29) is 0 Å². The molecule has 4 heteroatoms. The van der Waals surface area contributed by atoms with Gasteiger partial charge in [0.2, 0.25) is 0 Å². The summed E-state index contributed by atoms with van der Waals surface area (Å²) in [4.78, 5) is 4.41. The van der Waals surface area contributed by atoms with Crippen molar-refractivity contribution in [3.8, 4) is 0 Å². The third-order valence-corrected chi connectivity index (χ3v) is 3.29. The molecule has 0 aliphatic heterocycles. The minimum atomic E-state index is 0.632. The summed E-state index contributed by atoms with van der Waals surface area (Å²) >= 11 is 3.62. The Morgan fingerprint density at radius 1 is 1.67 bits per heavy atom. The van der Waals surface area contributed by atoms with E-state index >= 15 is 0 Å². The van der Waals surface area contributed by atoms with Gasteiger partial charge in [0.05, 0.1) is 12.3 Å². The summed E-state index contributed by atoms with van der Waals surface area (Å²) in [6.45, 7) is 2.79. The Balaban J connectivity index is 2.41. The van der Waals surface area contributed by atoms with Crippen molar-refractivity contribution in [3.63, 3.8) is 0 Å². The summed E-state index contributed by atoms with van der Waals surface area (Å²) in [6, 6.07) is 0. The van der Waals surface area contributed by atoms with E-state index in [1.54, 1.807) is 18.4 Å². The van der Waals surface area contributed by atoms with Crippen molar-refractivity contribution in [2.24, 2.45) is 0 Å². The maximum Gasteiger partial charge on any atom is 0.103 e. The van der Waals surface area contributed by atoms with E-state index in [2.05, 4.69) is 17.3 Å². The Bertz CT molecular complexity index is 225. The summed E-state index contributed by atoms with van der Waals surface area (Å²) in [5.74, 6) is 2.18. The first kappa shape index (κ1) is 10.0. The molecule has 0 bridgehead atoms. The molecule has 0 radical (unpaired) electrons. The van der Waals surface area contributed by atoms with Crippen molar-refractivity contribution >= 4 is 23.1 Å². The van der Waals surface area contributed by atoms with Gasteiger partial charge in [0.1, 0.15) is 5.01 Å². The molecule has 0 atom stereocenters. The summed E-state index contributed by atoms with van der Waals surface area (Å²) in [5.41, 5.74) is 1.05. The second-order valence-corrected chi connectivity index (χ2v) is 4.52. The molecule has 1 aromatic heterocycles. The van der Waals surface area contributed by atoms with Gasteiger partial charge in [-0.3, -0.25) is 0 Å². The molecule has 68 valence electrons. The van der Waals surface area contributed by atoms with Gasteiger partial charge in [-0.25, -0.2) is 4.98 Å². The van der Waals surface area contributed by atoms with Crippen LogP contribution in [0.2, 0.25) is 0 Å². The van der Waals surface area contributed by atoms with Gasteiger partial charge in [-0.15, -0.1) is 11.3 Å². The summed E-state index contributed by atoms with van der Waals surface area (Å²) in [6.07, 6.45) is 0. The number of thiazole rings is 1. The van der Waals surface area contributed by atoms with Crippen molar-refractivity contribution in [2.45, 2.75) is 19.3 Å². The Kier molecular flexibility index (Phi) is 4.65. The summed E-state index contributed by atoms with van der Waals surface area (Å²) in [7, 11) is 1.69. The molecular weight excluding hydrogens is 190 g/mol. The van der Waals surface area contributed by atoms with Gasteiger partial charge in [0, 0.05) is 18.2 Å². The smallest absolute Gasteiger partial charge is 0.103 e. The predicted molar refractivity (Wildman–Crippen MR) is 54.7 cm³/mol. The quantitative estimate of drug-likeness (QED) is 0.734. The Labute approximate surface area is 81.4 Å². The molecule has 1 rings (SSSR count). The second-order valence-electron chi connectivity index (χ2n) is 2.30. The molecule has 0 aliphatic rings. The molecular formula is C8H13NOS2. The predicted octanol–water partition coefficient (Wildman–Crippen LogP) is 2.54. The summed E-state index contributed by atoms with van der Waals surface area (Å²) < 4.78 is 4.98. The minimum Gasteiger partial charge on any atom is -0.378 e. The highest BCUT2D eigenvalue weighted by Gasteiger charge is 2.00. The molecule has 0 N–H and O–H groups in total. The van der Waals surface area contributed by atoms with E-state index in [1.807, 2.05) is 11.8 Å². The van der Waals surface area contributed by atoms with Crippen LogP contribution in [-0.4, -0.2) is 17.8 Å². The van der Waals surface area contributed by atoms with E-state index in [0.29, 0.717) is 6.61 Å².